The summed E-state index contributed by atoms with van der Waals surface area (Å²) in [5.41, 5.74) is 4.73. The summed E-state index contributed by atoms with van der Waals surface area (Å²) in [7, 11) is 0. The average molecular weight is 446 g/mol. The minimum atomic E-state index is 0.200. The number of hydrogen-bond acceptors (Lipinski definition) is 2. The van der Waals surface area contributed by atoms with E-state index in [0.717, 1.165) is 42.5 Å². The molecule has 1 aliphatic rings. The number of rotatable bonds is 4. The van der Waals surface area contributed by atoms with Crippen LogP contribution in [-0.2, 0) is 6.54 Å². The highest BCUT2D eigenvalue weighted by Crippen LogP contribution is 2.37. The van der Waals surface area contributed by atoms with E-state index in [4.69, 9.17) is 34.8 Å². The lowest BCUT2D eigenvalue weighted by Crippen LogP contribution is -2.48. The summed E-state index contributed by atoms with van der Waals surface area (Å²) in [5.74, 6) is 0. The summed E-state index contributed by atoms with van der Waals surface area (Å²) in [5, 5.41) is 2.17. The summed E-state index contributed by atoms with van der Waals surface area (Å²) in [6, 6.07) is 22.8. The smallest absolute Gasteiger partial charge is 0.0670 e. The number of piperazine rings is 1. The zero-order chi connectivity index (χ0) is 20.4. The fourth-order valence-electron chi connectivity index (χ4n) is 3.93. The van der Waals surface area contributed by atoms with Crippen molar-refractivity contribution in [3.63, 3.8) is 0 Å². The molecule has 5 heteroatoms. The molecule has 4 rings (SSSR count). The predicted molar refractivity (Wildman–Crippen MR) is 124 cm³/mol. The van der Waals surface area contributed by atoms with Crippen molar-refractivity contribution in [3.05, 3.63) is 98.5 Å². The van der Waals surface area contributed by atoms with E-state index in [2.05, 4.69) is 47.1 Å². The van der Waals surface area contributed by atoms with Crippen molar-refractivity contribution in [1.82, 2.24) is 4.90 Å². The minimum absolute atomic E-state index is 0.200. The lowest BCUT2D eigenvalue weighted by Gasteiger charge is -2.43. The van der Waals surface area contributed by atoms with E-state index in [9.17, 15) is 0 Å². The molecule has 1 saturated heterocycles. The molecule has 0 bridgehead atoms. The van der Waals surface area contributed by atoms with Crippen LogP contribution in [-0.4, -0.2) is 24.5 Å². The Morgan fingerprint density at radius 3 is 2.34 bits per heavy atom. The van der Waals surface area contributed by atoms with Gasteiger partial charge in [0.1, 0.15) is 0 Å². The fraction of sp³-hybridized carbons (Fsp3) is 0.250. The maximum Gasteiger partial charge on any atom is 0.0670 e. The van der Waals surface area contributed by atoms with Gasteiger partial charge in [0.15, 0.2) is 0 Å². The Morgan fingerprint density at radius 2 is 1.62 bits per heavy atom. The van der Waals surface area contributed by atoms with Gasteiger partial charge in [-0.15, -0.1) is 0 Å². The van der Waals surface area contributed by atoms with Crippen molar-refractivity contribution in [2.75, 3.05) is 24.5 Å². The quantitative estimate of drug-likeness (QED) is 0.426. The molecule has 0 spiro atoms. The summed E-state index contributed by atoms with van der Waals surface area (Å²) in [6.07, 6.45) is 0. The number of halogens is 3. The molecule has 0 aliphatic carbocycles. The minimum Gasteiger partial charge on any atom is -0.361 e. The van der Waals surface area contributed by atoms with E-state index in [1.54, 1.807) is 0 Å². The number of aryl methyl sites for hydroxylation is 1. The van der Waals surface area contributed by atoms with Gasteiger partial charge in [0, 0.05) is 36.2 Å². The summed E-state index contributed by atoms with van der Waals surface area (Å²) in [6.45, 7) is 5.66. The van der Waals surface area contributed by atoms with Gasteiger partial charge in [0.05, 0.1) is 16.8 Å². The lowest BCUT2D eigenvalue weighted by molar-refractivity contribution is 0.215. The van der Waals surface area contributed by atoms with Gasteiger partial charge in [-0.2, -0.15) is 0 Å². The van der Waals surface area contributed by atoms with Crippen molar-refractivity contribution >= 4 is 40.5 Å². The molecule has 29 heavy (non-hydrogen) atoms. The third kappa shape index (κ3) is 4.73. The topological polar surface area (TPSA) is 6.48 Å². The van der Waals surface area contributed by atoms with Crippen LogP contribution in [0.5, 0.6) is 0 Å². The molecule has 0 N–H and O–H groups in total. The van der Waals surface area contributed by atoms with Gasteiger partial charge in [-0.1, -0.05) is 82.8 Å². The Kier molecular flexibility index (Phi) is 6.36. The fourth-order valence-corrected chi connectivity index (χ4v) is 4.64. The van der Waals surface area contributed by atoms with Crippen molar-refractivity contribution < 1.29 is 0 Å². The molecule has 0 radical (unpaired) electrons. The van der Waals surface area contributed by atoms with E-state index in [-0.39, 0.29) is 6.04 Å². The Morgan fingerprint density at radius 1 is 0.862 bits per heavy atom. The van der Waals surface area contributed by atoms with Gasteiger partial charge in [0.25, 0.3) is 0 Å². The first-order valence-electron chi connectivity index (χ1n) is 9.75. The van der Waals surface area contributed by atoms with Crippen LogP contribution < -0.4 is 4.90 Å². The van der Waals surface area contributed by atoms with Crippen LogP contribution in [0, 0.1) is 6.92 Å². The summed E-state index contributed by atoms with van der Waals surface area (Å²) >= 11 is 19.1. The Balaban J connectivity index is 1.64. The second-order valence-corrected chi connectivity index (χ2v) is 8.79. The largest absolute Gasteiger partial charge is 0.361 e. The first-order valence-corrected chi connectivity index (χ1v) is 10.9. The highest BCUT2D eigenvalue weighted by atomic mass is 35.5. The van der Waals surface area contributed by atoms with Crippen molar-refractivity contribution in [2.24, 2.45) is 0 Å². The Hall–Kier alpha value is -1.71. The molecule has 3 aromatic carbocycles. The molecule has 3 aromatic rings. The molecular formula is C24H23Cl3N2. The Labute approximate surface area is 187 Å². The van der Waals surface area contributed by atoms with Crippen molar-refractivity contribution in [1.29, 1.82) is 0 Å². The van der Waals surface area contributed by atoms with Crippen LogP contribution in [0.2, 0.25) is 15.1 Å². The zero-order valence-electron chi connectivity index (χ0n) is 16.3. The first kappa shape index (κ1) is 20.6. The summed E-state index contributed by atoms with van der Waals surface area (Å²) in [4.78, 5) is 4.86. The molecule has 1 atom stereocenters. The van der Waals surface area contributed by atoms with Gasteiger partial charge < -0.3 is 4.90 Å². The maximum absolute atomic E-state index is 6.57. The standard InChI is InChI=1S/C24H23Cl3N2/c1-17-6-8-18(9-7-17)24-16-28(15-19-4-2-3-5-21(19)26)12-13-29(24)23-11-10-20(25)14-22(23)27/h2-11,14,24H,12-13,15-16H2,1H3. The van der Waals surface area contributed by atoms with Gasteiger partial charge in [-0.25, -0.2) is 0 Å². The van der Waals surface area contributed by atoms with E-state index in [1.807, 2.05) is 36.4 Å². The van der Waals surface area contributed by atoms with Gasteiger partial charge in [0.2, 0.25) is 0 Å². The monoisotopic (exact) mass is 444 g/mol. The molecule has 1 fully saturated rings. The van der Waals surface area contributed by atoms with E-state index in [1.165, 1.54) is 11.1 Å². The number of hydrogen-bond donors (Lipinski definition) is 0. The lowest BCUT2D eigenvalue weighted by atomic mass is 9.99. The third-order valence-corrected chi connectivity index (χ3v) is 6.40. The predicted octanol–water partition coefficient (Wildman–Crippen LogP) is 7.02. The van der Waals surface area contributed by atoms with Crippen molar-refractivity contribution in [2.45, 2.75) is 19.5 Å². The molecule has 0 aromatic heterocycles. The average Bonchev–Trinajstić information content (AvgIpc) is 2.71. The first-order chi connectivity index (χ1) is 14.0. The van der Waals surface area contributed by atoms with E-state index < -0.39 is 0 Å². The highest BCUT2D eigenvalue weighted by Gasteiger charge is 2.30. The number of anilines is 1. The highest BCUT2D eigenvalue weighted by molar-refractivity contribution is 6.36. The Bertz CT molecular complexity index is 988. The van der Waals surface area contributed by atoms with Gasteiger partial charge >= 0.3 is 0 Å². The van der Waals surface area contributed by atoms with Crippen LogP contribution >= 0.6 is 34.8 Å². The number of nitrogens with zero attached hydrogens (tertiary/aromatic N) is 2. The maximum atomic E-state index is 6.57. The van der Waals surface area contributed by atoms with Crippen LogP contribution in [0.1, 0.15) is 22.7 Å². The normalized spacial score (nSPS) is 17.5. The molecule has 1 unspecified atom stereocenters. The second-order valence-electron chi connectivity index (χ2n) is 7.54. The third-order valence-electron chi connectivity index (χ3n) is 5.50. The molecule has 0 amide bonds. The second kappa shape index (κ2) is 8.97. The van der Waals surface area contributed by atoms with Crippen LogP contribution in [0.4, 0.5) is 5.69 Å². The molecule has 150 valence electrons. The van der Waals surface area contributed by atoms with Crippen molar-refractivity contribution in [3.8, 4) is 0 Å². The van der Waals surface area contributed by atoms with E-state index in [0.29, 0.717) is 10.0 Å². The van der Waals surface area contributed by atoms with Crippen LogP contribution in [0.3, 0.4) is 0 Å². The van der Waals surface area contributed by atoms with Gasteiger partial charge in [-0.3, -0.25) is 4.90 Å². The molecule has 0 saturated carbocycles. The van der Waals surface area contributed by atoms with Gasteiger partial charge in [-0.05, 0) is 42.3 Å². The molecule has 2 nitrogen and oxygen atoms in total. The SMILES string of the molecule is Cc1ccc(C2CN(Cc3ccccc3Cl)CCN2c2ccc(Cl)cc2Cl)cc1. The molecule has 1 aliphatic heterocycles. The van der Waals surface area contributed by atoms with E-state index >= 15 is 0 Å². The zero-order valence-corrected chi connectivity index (χ0v) is 18.6. The number of benzene rings is 3. The molecular weight excluding hydrogens is 423 g/mol. The van der Waals surface area contributed by atoms with Crippen LogP contribution in [0.15, 0.2) is 66.7 Å². The molecule has 1 heterocycles. The van der Waals surface area contributed by atoms with Crippen LogP contribution in [0.25, 0.3) is 0 Å². The summed E-state index contributed by atoms with van der Waals surface area (Å²) < 4.78 is 0.